The SMILES string of the molecule is CCN(C[C@@H](C)C#N)C(=O)CN1CCN(C)C[C@@H]1c1ccccc1. The van der Waals surface area contributed by atoms with Crippen molar-refractivity contribution in [2.24, 2.45) is 5.92 Å². The third kappa shape index (κ3) is 4.80. The van der Waals surface area contributed by atoms with Crippen LogP contribution in [0.2, 0.25) is 0 Å². The summed E-state index contributed by atoms with van der Waals surface area (Å²) in [5.74, 6) is -0.0172. The number of hydrogen-bond acceptors (Lipinski definition) is 4. The predicted octanol–water partition coefficient (Wildman–Crippen LogP) is 1.98. The van der Waals surface area contributed by atoms with Crippen LogP contribution in [0.1, 0.15) is 25.5 Å². The van der Waals surface area contributed by atoms with E-state index in [1.165, 1.54) is 5.56 Å². The Morgan fingerprint density at radius 3 is 2.71 bits per heavy atom. The highest BCUT2D eigenvalue weighted by Gasteiger charge is 2.29. The third-order valence-corrected chi connectivity index (χ3v) is 4.67. The van der Waals surface area contributed by atoms with E-state index in [0.717, 1.165) is 19.6 Å². The maximum Gasteiger partial charge on any atom is 0.236 e. The maximum absolute atomic E-state index is 12.7. The van der Waals surface area contributed by atoms with E-state index >= 15 is 0 Å². The van der Waals surface area contributed by atoms with Crippen LogP contribution in [0.25, 0.3) is 0 Å². The molecule has 0 unspecified atom stereocenters. The van der Waals surface area contributed by atoms with Crippen molar-refractivity contribution in [3.05, 3.63) is 35.9 Å². The molecule has 0 bridgehead atoms. The molecule has 0 aromatic heterocycles. The highest BCUT2D eigenvalue weighted by Crippen LogP contribution is 2.24. The molecule has 24 heavy (non-hydrogen) atoms. The van der Waals surface area contributed by atoms with Gasteiger partial charge in [0.25, 0.3) is 0 Å². The second-order valence-corrected chi connectivity index (χ2v) is 6.62. The number of carbonyl (C=O) groups is 1. The summed E-state index contributed by atoms with van der Waals surface area (Å²) < 4.78 is 0. The topological polar surface area (TPSA) is 50.6 Å². The van der Waals surface area contributed by atoms with Crippen LogP contribution >= 0.6 is 0 Å². The fourth-order valence-corrected chi connectivity index (χ4v) is 3.19. The smallest absolute Gasteiger partial charge is 0.236 e. The molecule has 0 aliphatic carbocycles. The van der Waals surface area contributed by atoms with Gasteiger partial charge in [0.2, 0.25) is 5.91 Å². The number of piperazine rings is 1. The molecule has 1 aromatic rings. The molecule has 1 aliphatic rings. The number of nitrogens with zero attached hydrogens (tertiary/aromatic N) is 4. The Bertz CT molecular complexity index is 568. The molecule has 1 fully saturated rings. The second kappa shape index (κ2) is 8.81. The van der Waals surface area contributed by atoms with Gasteiger partial charge in [0.1, 0.15) is 0 Å². The number of rotatable bonds is 6. The van der Waals surface area contributed by atoms with Gasteiger partial charge >= 0.3 is 0 Å². The number of nitriles is 1. The number of benzene rings is 1. The molecule has 1 aromatic carbocycles. The Morgan fingerprint density at radius 1 is 1.38 bits per heavy atom. The maximum atomic E-state index is 12.7. The Labute approximate surface area is 145 Å². The van der Waals surface area contributed by atoms with Crippen LogP contribution in [0.15, 0.2) is 30.3 Å². The minimum atomic E-state index is -0.133. The van der Waals surface area contributed by atoms with Gasteiger partial charge in [-0.15, -0.1) is 0 Å². The van der Waals surface area contributed by atoms with Crippen molar-refractivity contribution in [3.63, 3.8) is 0 Å². The van der Waals surface area contributed by atoms with E-state index < -0.39 is 0 Å². The summed E-state index contributed by atoms with van der Waals surface area (Å²) in [4.78, 5) is 19.1. The molecule has 2 rings (SSSR count). The van der Waals surface area contributed by atoms with E-state index in [0.29, 0.717) is 19.6 Å². The van der Waals surface area contributed by atoms with Crippen LogP contribution in [0.5, 0.6) is 0 Å². The van der Waals surface area contributed by atoms with Crippen molar-refractivity contribution >= 4 is 5.91 Å². The Balaban J connectivity index is 2.07. The van der Waals surface area contributed by atoms with Gasteiger partial charge in [-0.1, -0.05) is 30.3 Å². The Hall–Kier alpha value is -1.90. The van der Waals surface area contributed by atoms with E-state index in [1.807, 2.05) is 19.9 Å². The van der Waals surface area contributed by atoms with Gasteiger partial charge in [-0.3, -0.25) is 9.69 Å². The molecular weight excluding hydrogens is 300 g/mol. The van der Waals surface area contributed by atoms with Gasteiger partial charge in [0, 0.05) is 38.8 Å². The molecule has 1 saturated heterocycles. The summed E-state index contributed by atoms with van der Waals surface area (Å²) >= 11 is 0. The highest BCUT2D eigenvalue weighted by molar-refractivity contribution is 5.78. The first-order valence-corrected chi connectivity index (χ1v) is 8.70. The molecule has 0 spiro atoms. The zero-order valence-electron chi connectivity index (χ0n) is 15.0. The van der Waals surface area contributed by atoms with Crippen LogP contribution in [-0.2, 0) is 4.79 Å². The summed E-state index contributed by atoms with van der Waals surface area (Å²) in [6, 6.07) is 12.8. The monoisotopic (exact) mass is 328 g/mol. The van der Waals surface area contributed by atoms with E-state index in [4.69, 9.17) is 5.26 Å². The van der Waals surface area contributed by atoms with E-state index in [-0.39, 0.29) is 17.9 Å². The van der Waals surface area contributed by atoms with Gasteiger partial charge in [-0.2, -0.15) is 5.26 Å². The average molecular weight is 328 g/mol. The molecule has 0 saturated carbocycles. The molecular formula is C19H28N4O. The average Bonchev–Trinajstić information content (AvgIpc) is 2.61. The minimum absolute atomic E-state index is 0.116. The first-order valence-electron chi connectivity index (χ1n) is 8.70. The molecule has 1 aliphatic heterocycles. The molecule has 5 heteroatoms. The largest absolute Gasteiger partial charge is 0.341 e. The normalized spacial score (nSPS) is 20.3. The Morgan fingerprint density at radius 2 is 2.08 bits per heavy atom. The van der Waals surface area contributed by atoms with Crippen molar-refractivity contribution < 1.29 is 4.79 Å². The van der Waals surface area contributed by atoms with Crippen LogP contribution in [0.3, 0.4) is 0 Å². The van der Waals surface area contributed by atoms with Crippen molar-refractivity contribution in [3.8, 4) is 6.07 Å². The number of carbonyl (C=O) groups excluding carboxylic acids is 1. The molecule has 0 radical (unpaired) electrons. The zero-order valence-corrected chi connectivity index (χ0v) is 15.0. The lowest BCUT2D eigenvalue weighted by Crippen LogP contribution is -2.51. The summed E-state index contributed by atoms with van der Waals surface area (Å²) in [5.41, 5.74) is 1.25. The van der Waals surface area contributed by atoms with Crippen molar-refractivity contribution in [2.75, 3.05) is 46.3 Å². The van der Waals surface area contributed by atoms with Crippen molar-refractivity contribution in [1.29, 1.82) is 5.26 Å². The lowest BCUT2D eigenvalue weighted by molar-refractivity contribution is -0.133. The molecule has 1 heterocycles. The summed E-state index contributed by atoms with van der Waals surface area (Å²) in [6.07, 6.45) is 0. The lowest BCUT2D eigenvalue weighted by atomic mass is 10.0. The van der Waals surface area contributed by atoms with Crippen molar-refractivity contribution in [1.82, 2.24) is 14.7 Å². The molecule has 2 atom stereocenters. The van der Waals surface area contributed by atoms with Gasteiger partial charge in [-0.25, -0.2) is 0 Å². The standard InChI is InChI=1S/C19H28N4O/c1-4-22(13-16(2)12-20)19(24)15-23-11-10-21(3)14-18(23)17-8-6-5-7-9-17/h5-9,16,18H,4,10-11,13-15H2,1-3H3/t16-,18+/m0/s1. The fourth-order valence-electron chi connectivity index (χ4n) is 3.19. The second-order valence-electron chi connectivity index (χ2n) is 6.62. The number of amides is 1. The number of hydrogen-bond donors (Lipinski definition) is 0. The number of likely N-dealkylation sites (N-methyl/N-ethyl adjacent to an activating group) is 2. The van der Waals surface area contributed by atoms with E-state index in [1.54, 1.807) is 4.90 Å². The quantitative estimate of drug-likeness (QED) is 0.801. The minimum Gasteiger partial charge on any atom is -0.341 e. The molecule has 130 valence electrons. The molecule has 5 nitrogen and oxygen atoms in total. The zero-order chi connectivity index (χ0) is 17.5. The van der Waals surface area contributed by atoms with E-state index in [9.17, 15) is 4.79 Å². The van der Waals surface area contributed by atoms with Gasteiger partial charge in [0.15, 0.2) is 0 Å². The molecule has 0 N–H and O–H groups in total. The van der Waals surface area contributed by atoms with Gasteiger partial charge < -0.3 is 9.80 Å². The highest BCUT2D eigenvalue weighted by atomic mass is 16.2. The first kappa shape index (κ1) is 18.4. The van der Waals surface area contributed by atoms with Crippen LogP contribution < -0.4 is 0 Å². The Kier molecular flexibility index (Phi) is 6.77. The predicted molar refractivity (Wildman–Crippen MR) is 95.3 cm³/mol. The fraction of sp³-hybridized carbons (Fsp3) is 0.579. The van der Waals surface area contributed by atoms with E-state index in [2.05, 4.69) is 47.2 Å². The van der Waals surface area contributed by atoms with Crippen LogP contribution in [0.4, 0.5) is 0 Å². The van der Waals surface area contributed by atoms with Crippen LogP contribution in [0, 0.1) is 17.2 Å². The van der Waals surface area contributed by atoms with Crippen LogP contribution in [-0.4, -0.2) is 66.9 Å². The summed E-state index contributed by atoms with van der Waals surface area (Å²) in [7, 11) is 2.13. The van der Waals surface area contributed by atoms with Gasteiger partial charge in [-0.05, 0) is 26.5 Å². The summed E-state index contributed by atoms with van der Waals surface area (Å²) in [6.45, 7) is 8.19. The van der Waals surface area contributed by atoms with Gasteiger partial charge in [0.05, 0.1) is 18.5 Å². The first-order chi connectivity index (χ1) is 11.5. The lowest BCUT2D eigenvalue weighted by Gasteiger charge is -2.40. The third-order valence-electron chi connectivity index (χ3n) is 4.67. The summed E-state index contributed by atoms with van der Waals surface area (Å²) in [5, 5.41) is 9.00. The molecule has 1 amide bonds. The van der Waals surface area contributed by atoms with Crippen molar-refractivity contribution in [2.45, 2.75) is 19.9 Å².